The van der Waals surface area contributed by atoms with Crippen LogP contribution >= 0.6 is 0 Å². The van der Waals surface area contributed by atoms with Gasteiger partial charge in [-0.15, -0.1) is 0 Å². The first-order valence-corrected chi connectivity index (χ1v) is 9.92. The summed E-state index contributed by atoms with van der Waals surface area (Å²) < 4.78 is 0. The van der Waals surface area contributed by atoms with Crippen molar-refractivity contribution in [1.29, 1.82) is 0 Å². The van der Waals surface area contributed by atoms with Gasteiger partial charge in [0, 0.05) is 63.4 Å². The van der Waals surface area contributed by atoms with E-state index in [2.05, 4.69) is 28.5 Å². The minimum Gasteiger partial charge on any atom is -0.341 e. The van der Waals surface area contributed by atoms with Crippen LogP contribution in [0.1, 0.15) is 26.7 Å². The molecule has 8 N–H and O–H groups in total. The van der Waals surface area contributed by atoms with E-state index in [1.807, 2.05) is 0 Å². The Hall–Kier alpha value is -1.75. The van der Waals surface area contributed by atoms with Crippen LogP contribution in [0.4, 0.5) is 17.8 Å². The maximum atomic E-state index is 6.17. The molecule has 3 rings (SSSR count). The summed E-state index contributed by atoms with van der Waals surface area (Å²) in [5.74, 6) is 1.92. The van der Waals surface area contributed by atoms with Crippen molar-refractivity contribution in [3.8, 4) is 0 Å². The van der Waals surface area contributed by atoms with Gasteiger partial charge in [0.25, 0.3) is 0 Å². The third kappa shape index (κ3) is 4.75. The zero-order valence-electron chi connectivity index (χ0n) is 16.5. The maximum Gasteiger partial charge on any atom is 0.232 e. The Bertz CT molecular complexity index is 557. The molecule has 4 atom stereocenters. The average Bonchev–Trinajstić information content (AvgIpc) is 2.61. The smallest absolute Gasteiger partial charge is 0.232 e. The highest BCUT2D eigenvalue weighted by Gasteiger charge is 2.29. The molecule has 1 aromatic heterocycles. The fraction of sp³-hybridized carbons (Fsp3) is 0.824. The molecule has 2 aliphatic rings. The normalized spacial score (nSPS) is 29.1. The van der Waals surface area contributed by atoms with E-state index in [-0.39, 0.29) is 24.2 Å². The van der Waals surface area contributed by atoms with Crippen LogP contribution in [0.25, 0.3) is 0 Å². The molecule has 0 bridgehead atoms. The summed E-state index contributed by atoms with van der Waals surface area (Å²) in [5, 5.41) is 0. The van der Waals surface area contributed by atoms with Crippen LogP contribution in [-0.2, 0) is 0 Å². The summed E-state index contributed by atoms with van der Waals surface area (Å²) in [5.41, 5.74) is 24.7. The second kappa shape index (κ2) is 8.51. The standard InChI is InChI=1S/C17H34N10/c1-3-25(4-2)15-22-16(26-7-11(18)5-12(19)8-26)24-17(23-15)27-9-13(20)6-14(21)10-27/h11-14H,3-10,18-21H2,1-2H3. The molecule has 152 valence electrons. The van der Waals surface area contributed by atoms with Crippen molar-refractivity contribution in [2.75, 3.05) is 54.0 Å². The predicted molar refractivity (Wildman–Crippen MR) is 109 cm³/mol. The number of hydrogen-bond donors (Lipinski definition) is 4. The van der Waals surface area contributed by atoms with Crippen LogP contribution in [0.5, 0.6) is 0 Å². The van der Waals surface area contributed by atoms with Crippen LogP contribution in [-0.4, -0.2) is 78.4 Å². The molecule has 0 aliphatic carbocycles. The van der Waals surface area contributed by atoms with E-state index < -0.39 is 0 Å². The van der Waals surface area contributed by atoms with Crippen LogP contribution in [0.3, 0.4) is 0 Å². The van der Waals surface area contributed by atoms with Gasteiger partial charge >= 0.3 is 0 Å². The van der Waals surface area contributed by atoms with Gasteiger partial charge in [-0.1, -0.05) is 0 Å². The lowest BCUT2D eigenvalue weighted by Crippen LogP contribution is -2.54. The number of rotatable bonds is 5. The number of aromatic nitrogens is 3. The Balaban J connectivity index is 1.96. The van der Waals surface area contributed by atoms with Crippen molar-refractivity contribution in [1.82, 2.24) is 15.0 Å². The lowest BCUT2D eigenvalue weighted by Gasteiger charge is -2.37. The van der Waals surface area contributed by atoms with E-state index >= 15 is 0 Å². The molecule has 10 nitrogen and oxygen atoms in total. The van der Waals surface area contributed by atoms with E-state index in [1.165, 1.54) is 0 Å². The molecule has 10 heteroatoms. The van der Waals surface area contributed by atoms with Crippen molar-refractivity contribution in [3.63, 3.8) is 0 Å². The Morgan fingerprint density at radius 2 is 1.11 bits per heavy atom. The van der Waals surface area contributed by atoms with Crippen molar-refractivity contribution < 1.29 is 0 Å². The number of nitrogens with zero attached hydrogens (tertiary/aromatic N) is 6. The van der Waals surface area contributed by atoms with Gasteiger partial charge in [0.05, 0.1) is 0 Å². The van der Waals surface area contributed by atoms with Gasteiger partial charge in [-0.3, -0.25) is 0 Å². The van der Waals surface area contributed by atoms with Gasteiger partial charge in [0.15, 0.2) is 0 Å². The lowest BCUT2D eigenvalue weighted by molar-refractivity contribution is 0.441. The molecule has 2 aliphatic heterocycles. The molecule has 2 fully saturated rings. The van der Waals surface area contributed by atoms with Crippen LogP contribution in [0.15, 0.2) is 0 Å². The third-order valence-corrected chi connectivity index (χ3v) is 5.24. The van der Waals surface area contributed by atoms with Crippen molar-refractivity contribution in [2.45, 2.75) is 50.9 Å². The van der Waals surface area contributed by atoms with Gasteiger partial charge in [-0.05, 0) is 26.7 Å². The summed E-state index contributed by atoms with van der Waals surface area (Å²) >= 11 is 0. The maximum absolute atomic E-state index is 6.17. The van der Waals surface area contributed by atoms with Gasteiger partial charge in [0.1, 0.15) is 0 Å². The fourth-order valence-electron chi connectivity index (χ4n) is 3.96. The molecule has 0 aromatic carbocycles. The zero-order chi connectivity index (χ0) is 19.6. The quantitative estimate of drug-likeness (QED) is 0.473. The van der Waals surface area contributed by atoms with Crippen molar-refractivity contribution in [2.24, 2.45) is 22.9 Å². The Labute approximate surface area is 161 Å². The van der Waals surface area contributed by atoms with Crippen molar-refractivity contribution >= 4 is 17.8 Å². The summed E-state index contributed by atoms with van der Waals surface area (Å²) in [6.45, 7) is 8.57. The summed E-state index contributed by atoms with van der Waals surface area (Å²) in [4.78, 5) is 20.5. The molecule has 1 aromatic rings. The Morgan fingerprint density at radius 3 is 1.44 bits per heavy atom. The number of anilines is 3. The van der Waals surface area contributed by atoms with Crippen LogP contribution in [0.2, 0.25) is 0 Å². The minimum atomic E-state index is 0.0164. The highest BCUT2D eigenvalue weighted by molar-refractivity contribution is 5.47. The highest BCUT2D eigenvalue weighted by atomic mass is 15.4. The largest absolute Gasteiger partial charge is 0.341 e. The molecule has 0 radical (unpaired) electrons. The number of piperidine rings is 2. The molecule has 0 amide bonds. The predicted octanol–water partition coefficient (Wildman–Crippen LogP) is -1.55. The monoisotopic (exact) mass is 378 g/mol. The fourth-order valence-corrected chi connectivity index (χ4v) is 3.96. The SMILES string of the molecule is CCN(CC)c1nc(N2CC(N)CC(N)C2)nc(N2CC(N)CC(N)C2)n1. The Kier molecular flexibility index (Phi) is 6.30. The second-order valence-corrected chi connectivity index (χ2v) is 7.73. The molecule has 4 unspecified atom stereocenters. The van der Waals surface area contributed by atoms with E-state index in [0.717, 1.165) is 25.9 Å². The van der Waals surface area contributed by atoms with E-state index in [9.17, 15) is 0 Å². The molecule has 3 heterocycles. The van der Waals surface area contributed by atoms with Gasteiger partial charge in [0.2, 0.25) is 17.8 Å². The van der Waals surface area contributed by atoms with E-state index in [1.54, 1.807) is 0 Å². The van der Waals surface area contributed by atoms with E-state index in [4.69, 9.17) is 37.9 Å². The van der Waals surface area contributed by atoms with Gasteiger partial charge in [-0.2, -0.15) is 15.0 Å². The molecular weight excluding hydrogens is 344 g/mol. The first kappa shape index (κ1) is 20.0. The second-order valence-electron chi connectivity index (χ2n) is 7.73. The molecule has 27 heavy (non-hydrogen) atoms. The number of nitrogens with two attached hydrogens (primary N) is 4. The first-order chi connectivity index (χ1) is 12.9. The molecule has 2 saturated heterocycles. The Morgan fingerprint density at radius 1 is 0.741 bits per heavy atom. The number of hydrogen-bond acceptors (Lipinski definition) is 10. The average molecular weight is 379 g/mol. The zero-order valence-corrected chi connectivity index (χ0v) is 16.5. The summed E-state index contributed by atoms with van der Waals surface area (Å²) in [6.07, 6.45) is 1.63. The highest BCUT2D eigenvalue weighted by Crippen LogP contribution is 2.23. The lowest BCUT2D eigenvalue weighted by atomic mass is 10.0. The van der Waals surface area contributed by atoms with Crippen LogP contribution < -0.4 is 37.6 Å². The topological polar surface area (TPSA) is 152 Å². The van der Waals surface area contributed by atoms with Crippen molar-refractivity contribution in [3.05, 3.63) is 0 Å². The summed E-state index contributed by atoms with van der Waals surface area (Å²) in [7, 11) is 0. The van der Waals surface area contributed by atoms with Crippen LogP contribution in [0, 0.1) is 0 Å². The summed E-state index contributed by atoms with van der Waals surface area (Å²) in [6, 6.07) is 0.0656. The molecule has 0 spiro atoms. The molecule has 0 saturated carbocycles. The van der Waals surface area contributed by atoms with Gasteiger partial charge in [-0.25, -0.2) is 0 Å². The third-order valence-electron chi connectivity index (χ3n) is 5.24. The van der Waals surface area contributed by atoms with E-state index in [0.29, 0.717) is 44.0 Å². The minimum absolute atomic E-state index is 0.0164. The van der Waals surface area contributed by atoms with Gasteiger partial charge < -0.3 is 37.6 Å². The first-order valence-electron chi connectivity index (χ1n) is 9.92. The molecular formula is C17H34N10.